The molecular formula is C39H26N4O. The number of aromatic nitrogens is 4. The van der Waals surface area contributed by atoms with E-state index in [4.69, 9.17) is 24.4 Å². The Bertz CT molecular complexity index is 2290. The van der Waals surface area contributed by atoms with Gasteiger partial charge in [0.05, 0.1) is 5.69 Å². The molecule has 44 heavy (non-hydrogen) atoms. The number of aryl methyl sites for hydroxylation is 1. The number of hydrogen-bond acceptors (Lipinski definition) is 5. The van der Waals surface area contributed by atoms with Crippen LogP contribution in [-0.2, 0) is 0 Å². The van der Waals surface area contributed by atoms with Gasteiger partial charge in [-0.05, 0) is 54.4 Å². The molecule has 8 aromatic rings. The molecule has 3 aromatic heterocycles. The Labute approximate surface area is 254 Å². The van der Waals surface area contributed by atoms with Gasteiger partial charge in [0.2, 0.25) is 0 Å². The third kappa shape index (κ3) is 4.71. The second-order valence-corrected chi connectivity index (χ2v) is 10.8. The zero-order valence-corrected chi connectivity index (χ0v) is 24.0. The van der Waals surface area contributed by atoms with Crippen LogP contribution >= 0.6 is 0 Å². The minimum absolute atomic E-state index is 0.582. The number of benzene rings is 5. The first-order chi connectivity index (χ1) is 21.7. The highest BCUT2D eigenvalue weighted by Gasteiger charge is 2.17. The second kappa shape index (κ2) is 10.7. The van der Waals surface area contributed by atoms with Crippen LogP contribution in [0.3, 0.4) is 0 Å². The summed E-state index contributed by atoms with van der Waals surface area (Å²) in [6, 6.07) is 47.1. The van der Waals surface area contributed by atoms with E-state index < -0.39 is 0 Å². The van der Waals surface area contributed by atoms with Crippen LogP contribution in [0, 0.1) is 6.92 Å². The van der Waals surface area contributed by atoms with E-state index in [0.29, 0.717) is 17.5 Å². The maximum absolute atomic E-state index is 6.40. The molecule has 8 rings (SSSR count). The summed E-state index contributed by atoms with van der Waals surface area (Å²) in [5, 5.41) is 2.15. The van der Waals surface area contributed by atoms with Gasteiger partial charge in [-0.25, -0.2) is 15.0 Å². The lowest BCUT2D eigenvalue weighted by Crippen LogP contribution is -2.00. The maximum atomic E-state index is 6.40. The van der Waals surface area contributed by atoms with E-state index in [1.54, 1.807) is 0 Å². The van der Waals surface area contributed by atoms with Gasteiger partial charge in [0.15, 0.2) is 17.5 Å². The highest BCUT2D eigenvalue weighted by molar-refractivity contribution is 6.12. The summed E-state index contributed by atoms with van der Waals surface area (Å²) in [5.74, 6) is 1.79. The summed E-state index contributed by atoms with van der Waals surface area (Å²) in [7, 11) is 0. The summed E-state index contributed by atoms with van der Waals surface area (Å²) < 4.78 is 6.40. The Morgan fingerprint density at radius 1 is 0.432 bits per heavy atom. The Morgan fingerprint density at radius 3 is 1.80 bits per heavy atom. The SMILES string of the molecule is Cc1cccc(-c2cccc(-c3nc(-c4ccccc4)nc(-c4ccc5c(c4)oc4cccc(-c6ccccc6)c45)n3)c2)n1. The quantitative estimate of drug-likeness (QED) is 0.207. The lowest BCUT2D eigenvalue weighted by atomic mass is 9.99. The van der Waals surface area contributed by atoms with Crippen molar-refractivity contribution < 1.29 is 4.42 Å². The van der Waals surface area contributed by atoms with Crippen molar-refractivity contribution in [2.24, 2.45) is 0 Å². The summed E-state index contributed by atoms with van der Waals surface area (Å²) in [5.41, 5.74) is 9.50. The molecule has 208 valence electrons. The maximum Gasteiger partial charge on any atom is 0.164 e. The van der Waals surface area contributed by atoms with Gasteiger partial charge >= 0.3 is 0 Å². The number of pyridine rings is 1. The molecule has 5 heteroatoms. The molecule has 0 aliphatic rings. The van der Waals surface area contributed by atoms with Gasteiger partial charge in [0.25, 0.3) is 0 Å². The monoisotopic (exact) mass is 566 g/mol. The number of fused-ring (bicyclic) bond motifs is 3. The fraction of sp³-hybridized carbons (Fsp3) is 0.0256. The molecule has 0 saturated heterocycles. The van der Waals surface area contributed by atoms with E-state index in [-0.39, 0.29) is 0 Å². The molecule has 0 atom stereocenters. The lowest BCUT2D eigenvalue weighted by molar-refractivity contribution is 0.669. The third-order valence-corrected chi connectivity index (χ3v) is 7.81. The lowest BCUT2D eigenvalue weighted by Gasteiger charge is -2.10. The van der Waals surface area contributed by atoms with Crippen LogP contribution in [0.2, 0.25) is 0 Å². The molecule has 3 heterocycles. The van der Waals surface area contributed by atoms with Crippen molar-refractivity contribution in [3.8, 4) is 56.5 Å². The Balaban J connectivity index is 1.28. The standard InChI is InChI=1S/C39H26N4O/c1-25-11-8-19-33(40-25)28-16-9-17-29(23-28)38-41-37(27-14-6-3-7-15-27)42-39(43-38)30-21-22-32-35(24-30)44-34-20-10-18-31(36(32)34)26-12-4-2-5-13-26/h2-24H,1H3. The Hall–Kier alpha value is -5.94. The van der Waals surface area contributed by atoms with Gasteiger partial charge in [-0.1, -0.05) is 103 Å². The largest absolute Gasteiger partial charge is 0.456 e. The molecule has 0 bridgehead atoms. The van der Waals surface area contributed by atoms with Crippen molar-refractivity contribution in [3.63, 3.8) is 0 Å². The van der Waals surface area contributed by atoms with Crippen LogP contribution in [0.15, 0.2) is 144 Å². The summed E-state index contributed by atoms with van der Waals surface area (Å²) >= 11 is 0. The van der Waals surface area contributed by atoms with Crippen molar-refractivity contribution in [2.75, 3.05) is 0 Å². The van der Waals surface area contributed by atoms with Crippen molar-refractivity contribution in [3.05, 3.63) is 145 Å². The summed E-state index contributed by atoms with van der Waals surface area (Å²) in [4.78, 5) is 19.6. The summed E-state index contributed by atoms with van der Waals surface area (Å²) in [6.07, 6.45) is 0. The molecule has 0 fully saturated rings. The molecule has 0 radical (unpaired) electrons. The molecule has 0 aliphatic carbocycles. The number of nitrogens with zero attached hydrogens (tertiary/aromatic N) is 4. The average Bonchev–Trinajstić information content (AvgIpc) is 3.47. The zero-order valence-electron chi connectivity index (χ0n) is 24.0. The minimum atomic E-state index is 0.582. The molecule has 5 aromatic carbocycles. The molecule has 5 nitrogen and oxygen atoms in total. The van der Waals surface area contributed by atoms with Crippen LogP contribution in [0.1, 0.15) is 5.69 Å². The van der Waals surface area contributed by atoms with E-state index in [9.17, 15) is 0 Å². The van der Waals surface area contributed by atoms with E-state index in [2.05, 4.69) is 54.6 Å². The average molecular weight is 567 g/mol. The van der Waals surface area contributed by atoms with E-state index in [1.807, 2.05) is 91.9 Å². The molecule has 0 spiro atoms. The van der Waals surface area contributed by atoms with Crippen molar-refractivity contribution in [1.29, 1.82) is 0 Å². The van der Waals surface area contributed by atoms with Gasteiger partial charge in [-0.15, -0.1) is 0 Å². The van der Waals surface area contributed by atoms with Gasteiger partial charge in [-0.3, -0.25) is 4.98 Å². The van der Waals surface area contributed by atoms with E-state index in [0.717, 1.165) is 66.7 Å². The first-order valence-corrected chi connectivity index (χ1v) is 14.6. The van der Waals surface area contributed by atoms with Gasteiger partial charge < -0.3 is 4.42 Å². The first kappa shape index (κ1) is 25.7. The predicted molar refractivity (Wildman–Crippen MR) is 177 cm³/mol. The van der Waals surface area contributed by atoms with Crippen molar-refractivity contribution in [2.45, 2.75) is 6.92 Å². The molecular weight excluding hydrogens is 540 g/mol. The van der Waals surface area contributed by atoms with Crippen LogP contribution < -0.4 is 0 Å². The fourth-order valence-electron chi connectivity index (χ4n) is 5.70. The van der Waals surface area contributed by atoms with Crippen LogP contribution in [-0.4, -0.2) is 19.9 Å². The Kier molecular flexibility index (Phi) is 6.27. The van der Waals surface area contributed by atoms with E-state index >= 15 is 0 Å². The van der Waals surface area contributed by atoms with Gasteiger partial charge in [0.1, 0.15) is 11.2 Å². The molecule has 0 aliphatic heterocycles. The highest BCUT2D eigenvalue weighted by atomic mass is 16.3. The molecule has 0 amide bonds. The predicted octanol–water partition coefficient (Wildman–Crippen LogP) is 9.81. The van der Waals surface area contributed by atoms with Crippen molar-refractivity contribution >= 4 is 21.9 Å². The molecule has 0 saturated carbocycles. The van der Waals surface area contributed by atoms with E-state index in [1.165, 1.54) is 0 Å². The first-order valence-electron chi connectivity index (χ1n) is 14.6. The number of hydrogen-bond donors (Lipinski definition) is 0. The van der Waals surface area contributed by atoms with Crippen LogP contribution in [0.4, 0.5) is 0 Å². The van der Waals surface area contributed by atoms with Gasteiger partial charge in [-0.2, -0.15) is 0 Å². The normalized spacial score (nSPS) is 11.3. The molecule has 0 unspecified atom stereocenters. The van der Waals surface area contributed by atoms with Crippen molar-refractivity contribution in [1.82, 2.24) is 19.9 Å². The van der Waals surface area contributed by atoms with Crippen LogP contribution in [0.5, 0.6) is 0 Å². The van der Waals surface area contributed by atoms with Gasteiger partial charge in [0, 0.05) is 38.7 Å². The zero-order chi connectivity index (χ0) is 29.5. The third-order valence-electron chi connectivity index (χ3n) is 7.81. The Morgan fingerprint density at radius 2 is 1.05 bits per heavy atom. The fourth-order valence-corrected chi connectivity index (χ4v) is 5.70. The smallest absolute Gasteiger partial charge is 0.164 e. The van der Waals surface area contributed by atoms with Crippen LogP contribution in [0.25, 0.3) is 78.5 Å². The molecule has 0 N–H and O–H groups in total. The second-order valence-electron chi connectivity index (χ2n) is 10.8. The highest BCUT2D eigenvalue weighted by Crippen LogP contribution is 2.38. The minimum Gasteiger partial charge on any atom is -0.456 e. The number of rotatable bonds is 5. The topological polar surface area (TPSA) is 64.7 Å². The number of furan rings is 1. The summed E-state index contributed by atoms with van der Waals surface area (Å²) in [6.45, 7) is 2.00.